The standard InChI is InChI=1S/C12H18ClN7/c1-4-8(2)5-9(3)16-11-17-10(13)18-12(19-11)20-7-14-6-15-20/h6-9H,4-5H2,1-3H3,(H,16,17,18,19). The van der Waals surface area contributed by atoms with E-state index in [1.807, 2.05) is 0 Å². The van der Waals surface area contributed by atoms with Gasteiger partial charge >= 0.3 is 0 Å². The lowest BCUT2D eigenvalue weighted by Crippen LogP contribution is -2.20. The Morgan fingerprint density at radius 2 is 2.10 bits per heavy atom. The first-order valence-electron chi connectivity index (χ1n) is 6.61. The van der Waals surface area contributed by atoms with Gasteiger partial charge in [-0.1, -0.05) is 20.3 Å². The molecule has 0 aromatic carbocycles. The number of halogens is 1. The maximum atomic E-state index is 5.92. The topological polar surface area (TPSA) is 81.4 Å². The van der Waals surface area contributed by atoms with Gasteiger partial charge in [-0.15, -0.1) is 0 Å². The van der Waals surface area contributed by atoms with Crippen LogP contribution < -0.4 is 5.32 Å². The first-order chi connectivity index (χ1) is 9.58. The molecule has 1 N–H and O–H groups in total. The van der Waals surface area contributed by atoms with Gasteiger partial charge in [0.25, 0.3) is 5.95 Å². The average molecular weight is 296 g/mol. The minimum absolute atomic E-state index is 0.128. The number of aromatic nitrogens is 6. The summed E-state index contributed by atoms with van der Waals surface area (Å²) in [6.07, 6.45) is 5.11. The van der Waals surface area contributed by atoms with Crippen molar-refractivity contribution in [1.82, 2.24) is 29.7 Å². The highest BCUT2D eigenvalue weighted by Crippen LogP contribution is 2.14. The van der Waals surface area contributed by atoms with E-state index in [1.165, 1.54) is 17.3 Å². The molecule has 0 saturated heterocycles. The van der Waals surface area contributed by atoms with E-state index < -0.39 is 0 Å². The van der Waals surface area contributed by atoms with Crippen molar-refractivity contribution in [3.63, 3.8) is 0 Å². The largest absolute Gasteiger partial charge is 0.352 e. The van der Waals surface area contributed by atoms with Crippen molar-refractivity contribution >= 4 is 17.5 Å². The Labute approximate surface area is 122 Å². The number of nitrogens with zero attached hydrogens (tertiary/aromatic N) is 6. The van der Waals surface area contributed by atoms with Crippen molar-refractivity contribution < 1.29 is 0 Å². The Hall–Kier alpha value is -1.76. The van der Waals surface area contributed by atoms with Gasteiger partial charge in [-0.2, -0.15) is 24.7 Å². The molecular formula is C12H18ClN7. The summed E-state index contributed by atoms with van der Waals surface area (Å²) in [7, 11) is 0. The third-order valence-corrected chi connectivity index (χ3v) is 3.22. The molecule has 0 radical (unpaired) electrons. The number of anilines is 1. The van der Waals surface area contributed by atoms with E-state index in [0.29, 0.717) is 17.8 Å². The van der Waals surface area contributed by atoms with Gasteiger partial charge in [0.05, 0.1) is 0 Å². The number of hydrogen-bond donors (Lipinski definition) is 1. The van der Waals surface area contributed by atoms with Crippen molar-refractivity contribution in [2.75, 3.05) is 5.32 Å². The SMILES string of the molecule is CCC(C)CC(C)Nc1nc(Cl)nc(-n2cncn2)n1. The summed E-state index contributed by atoms with van der Waals surface area (Å²) in [6.45, 7) is 6.50. The molecule has 0 saturated carbocycles. The van der Waals surface area contributed by atoms with E-state index in [1.54, 1.807) is 0 Å². The zero-order valence-electron chi connectivity index (χ0n) is 11.8. The van der Waals surface area contributed by atoms with Crippen LogP contribution in [-0.4, -0.2) is 35.8 Å². The second kappa shape index (κ2) is 6.60. The molecule has 7 nitrogen and oxygen atoms in total. The van der Waals surface area contributed by atoms with Gasteiger partial charge in [0.2, 0.25) is 11.2 Å². The second-order valence-electron chi connectivity index (χ2n) is 4.86. The lowest BCUT2D eigenvalue weighted by Gasteiger charge is -2.17. The fourth-order valence-corrected chi connectivity index (χ4v) is 2.02. The predicted molar refractivity (Wildman–Crippen MR) is 76.9 cm³/mol. The Balaban J connectivity index is 2.12. The van der Waals surface area contributed by atoms with Crippen molar-refractivity contribution in [3.8, 4) is 5.95 Å². The second-order valence-corrected chi connectivity index (χ2v) is 5.20. The van der Waals surface area contributed by atoms with Crippen LogP contribution in [0, 0.1) is 5.92 Å². The summed E-state index contributed by atoms with van der Waals surface area (Å²) < 4.78 is 1.44. The average Bonchev–Trinajstić information content (AvgIpc) is 2.91. The Morgan fingerprint density at radius 3 is 2.75 bits per heavy atom. The summed E-state index contributed by atoms with van der Waals surface area (Å²) in [5.74, 6) is 1.44. The molecule has 20 heavy (non-hydrogen) atoms. The third-order valence-electron chi connectivity index (χ3n) is 3.05. The first-order valence-corrected chi connectivity index (χ1v) is 6.99. The van der Waals surface area contributed by atoms with Crippen LogP contribution in [-0.2, 0) is 0 Å². The summed E-state index contributed by atoms with van der Waals surface area (Å²) in [5, 5.41) is 7.35. The zero-order chi connectivity index (χ0) is 14.5. The molecule has 0 aliphatic carbocycles. The van der Waals surface area contributed by atoms with E-state index in [-0.39, 0.29) is 11.3 Å². The fourth-order valence-electron chi connectivity index (χ4n) is 1.87. The molecule has 2 aromatic heterocycles. The van der Waals surface area contributed by atoms with Crippen LogP contribution in [0.4, 0.5) is 5.95 Å². The molecule has 0 spiro atoms. The van der Waals surface area contributed by atoms with Gasteiger partial charge in [0.1, 0.15) is 12.7 Å². The molecule has 0 fully saturated rings. The molecule has 0 aliphatic rings. The summed E-state index contributed by atoms with van der Waals surface area (Å²) in [5.41, 5.74) is 0. The maximum Gasteiger partial charge on any atom is 0.258 e. The van der Waals surface area contributed by atoms with Crippen molar-refractivity contribution in [1.29, 1.82) is 0 Å². The maximum absolute atomic E-state index is 5.92. The van der Waals surface area contributed by atoms with E-state index in [0.717, 1.165) is 12.8 Å². The first kappa shape index (κ1) is 14.6. The molecule has 0 bridgehead atoms. The van der Waals surface area contributed by atoms with Gasteiger partial charge < -0.3 is 5.32 Å². The van der Waals surface area contributed by atoms with Crippen LogP contribution in [0.25, 0.3) is 5.95 Å². The Kier molecular flexibility index (Phi) is 4.84. The van der Waals surface area contributed by atoms with Crippen molar-refractivity contribution in [3.05, 3.63) is 17.9 Å². The van der Waals surface area contributed by atoms with Crippen LogP contribution in [0.15, 0.2) is 12.7 Å². The van der Waals surface area contributed by atoms with Crippen LogP contribution >= 0.6 is 11.6 Å². The normalized spacial score (nSPS) is 14.0. The number of rotatable bonds is 6. The fraction of sp³-hybridized carbons (Fsp3) is 0.583. The smallest absolute Gasteiger partial charge is 0.258 e. The molecular weight excluding hydrogens is 278 g/mol. The number of nitrogens with one attached hydrogen (secondary N) is 1. The molecule has 2 atom stereocenters. The third kappa shape index (κ3) is 3.86. The van der Waals surface area contributed by atoms with Gasteiger partial charge in [-0.05, 0) is 30.9 Å². The van der Waals surface area contributed by atoms with Gasteiger partial charge in [-0.3, -0.25) is 0 Å². The highest BCUT2D eigenvalue weighted by Gasteiger charge is 2.11. The van der Waals surface area contributed by atoms with Gasteiger partial charge in [0.15, 0.2) is 0 Å². The lowest BCUT2D eigenvalue weighted by molar-refractivity contribution is 0.482. The monoisotopic (exact) mass is 295 g/mol. The molecule has 2 heterocycles. The van der Waals surface area contributed by atoms with E-state index in [2.05, 4.69) is 51.1 Å². The molecule has 2 aromatic rings. The van der Waals surface area contributed by atoms with Crippen molar-refractivity contribution in [2.24, 2.45) is 5.92 Å². The lowest BCUT2D eigenvalue weighted by atomic mass is 10.0. The molecule has 8 heteroatoms. The van der Waals surface area contributed by atoms with Gasteiger partial charge in [0, 0.05) is 6.04 Å². The Bertz CT molecular complexity index is 543. The molecule has 2 rings (SSSR count). The Morgan fingerprint density at radius 1 is 1.30 bits per heavy atom. The van der Waals surface area contributed by atoms with Crippen LogP contribution in [0.2, 0.25) is 5.28 Å². The summed E-state index contributed by atoms with van der Waals surface area (Å²) >= 11 is 5.92. The minimum atomic E-state index is 0.128. The van der Waals surface area contributed by atoms with Gasteiger partial charge in [-0.25, -0.2) is 4.98 Å². The van der Waals surface area contributed by atoms with Crippen LogP contribution in [0.3, 0.4) is 0 Å². The molecule has 108 valence electrons. The summed E-state index contributed by atoms with van der Waals surface area (Å²) in [4.78, 5) is 16.3. The minimum Gasteiger partial charge on any atom is -0.352 e. The predicted octanol–water partition coefficient (Wildman–Crippen LogP) is 2.34. The van der Waals surface area contributed by atoms with Crippen LogP contribution in [0.1, 0.15) is 33.6 Å². The van der Waals surface area contributed by atoms with Crippen LogP contribution in [0.5, 0.6) is 0 Å². The molecule has 2 unspecified atom stereocenters. The quantitative estimate of drug-likeness (QED) is 0.881. The molecule has 0 aliphatic heterocycles. The summed E-state index contributed by atoms with van der Waals surface area (Å²) in [6, 6.07) is 0.256. The van der Waals surface area contributed by atoms with E-state index >= 15 is 0 Å². The van der Waals surface area contributed by atoms with E-state index in [4.69, 9.17) is 11.6 Å². The highest BCUT2D eigenvalue weighted by atomic mass is 35.5. The van der Waals surface area contributed by atoms with E-state index in [9.17, 15) is 0 Å². The highest BCUT2D eigenvalue weighted by molar-refractivity contribution is 6.28. The van der Waals surface area contributed by atoms with Crippen molar-refractivity contribution in [2.45, 2.75) is 39.7 Å². The zero-order valence-corrected chi connectivity index (χ0v) is 12.5. The molecule has 0 amide bonds. The number of hydrogen-bond acceptors (Lipinski definition) is 6.